The second-order valence-corrected chi connectivity index (χ2v) is 5.65. The van der Waals surface area contributed by atoms with E-state index in [9.17, 15) is 9.59 Å². The Hall–Kier alpha value is -2.00. The van der Waals surface area contributed by atoms with Crippen LogP contribution in [0.4, 0.5) is 0 Å². The molecule has 0 heterocycles. The number of nitriles is 1. The molecule has 0 saturated heterocycles. The Morgan fingerprint density at radius 1 is 1.36 bits per heavy atom. The fourth-order valence-electron chi connectivity index (χ4n) is 2.09. The van der Waals surface area contributed by atoms with Gasteiger partial charge in [-0.15, -0.1) is 0 Å². The van der Waals surface area contributed by atoms with Gasteiger partial charge in [-0.25, -0.2) is 4.79 Å². The summed E-state index contributed by atoms with van der Waals surface area (Å²) in [6, 6.07) is 10.6. The van der Waals surface area contributed by atoms with Crippen LogP contribution in [0.1, 0.15) is 18.4 Å². The Balaban J connectivity index is 3.01. The molecule has 5 nitrogen and oxygen atoms in total. The lowest BCUT2D eigenvalue weighted by Crippen LogP contribution is -2.45. The molecule has 0 unspecified atom stereocenters. The quantitative estimate of drug-likeness (QED) is 0.687. The van der Waals surface area contributed by atoms with Gasteiger partial charge < -0.3 is 9.64 Å². The van der Waals surface area contributed by atoms with E-state index >= 15 is 0 Å². The van der Waals surface area contributed by atoms with Gasteiger partial charge in [-0.1, -0.05) is 30.3 Å². The third kappa shape index (κ3) is 5.41. The Morgan fingerprint density at radius 2 is 2.05 bits per heavy atom. The zero-order chi connectivity index (χ0) is 16.4. The predicted molar refractivity (Wildman–Crippen MR) is 86.0 cm³/mol. The fraction of sp³-hybridized carbons (Fsp3) is 0.438. The van der Waals surface area contributed by atoms with Crippen molar-refractivity contribution in [3.8, 4) is 6.07 Å². The van der Waals surface area contributed by atoms with Crippen LogP contribution in [0.25, 0.3) is 0 Å². The number of carbonyl (C=O) groups is 2. The number of amides is 1. The highest BCUT2D eigenvalue weighted by atomic mass is 32.2. The summed E-state index contributed by atoms with van der Waals surface area (Å²) in [5.41, 5.74) is 0.909. The van der Waals surface area contributed by atoms with Gasteiger partial charge in [0, 0.05) is 6.54 Å². The van der Waals surface area contributed by atoms with Gasteiger partial charge >= 0.3 is 5.97 Å². The molecule has 0 aromatic heterocycles. The van der Waals surface area contributed by atoms with Crippen molar-refractivity contribution in [3.05, 3.63) is 35.9 Å². The lowest BCUT2D eigenvalue weighted by Gasteiger charge is -2.29. The number of benzene rings is 1. The van der Waals surface area contributed by atoms with Crippen LogP contribution in [0, 0.1) is 11.3 Å². The van der Waals surface area contributed by atoms with E-state index in [1.807, 2.05) is 42.7 Å². The summed E-state index contributed by atoms with van der Waals surface area (Å²) in [5, 5.41) is 8.79. The van der Waals surface area contributed by atoms with Crippen molar-refractivity contribution in [2.24, 2.45) is 0 Å². The Kier molecular flexibility index (Phi) is 8.08. The lowest BCUT2D eigenvalue weighted by atomic mass is 10.1. The summed E-state index contributed by atoms with van der Waals surface area (Å²) in [5.74, 6) is -0.0793. The van der Waals surface area contributed by atoms with E-state index in [-0.39, 0.29) is 18.9 Å². The van der Waals surface area contributed by atoms with E-state index in [0.29, 0.717) is 6.42 Å². The maximum atomic E-state index is 12.3. The summed E-state index contributed by atoms with van der Waals surface area (Å²) < 4.78 is 4.83. The smallest absolute Gasteiger partial charge is 0.328 e. The maximum absolute atomic E-state index is 12.3. The van der Waals surface area contributed by atoms with E-state index < -0.39 is 12.0 Å². The largest absolute Gasteiger partial charge is 0.467 e. The van der Waals surface area contributed by atoms with Gasteiger partial charge in [0.1, 0.15) is 12.5 Å². The molecular formula is C16H20N2O3S. The number of esters is 1. The Labute approximate surface area is 135 Å². The number of carbonyl (C=O) groups excluding carboxylic acids is 2. The number of methoxy groups -OCH3 is 1. The van der Waals surface area contributed by atoms with Gasteiger partial charge in [0.05, 0.1) is 13.2 Å². The Bertz CT molecular complexity index is 528. The molecule has 22 heavy (non-hydrogen) atoms. The molecule has 1 aromatic rings. The van der Waals surface area contributed by atoms with Crippen molar-refractivity contribution in [1.29, 1.82) is 5.26 Å². The number of thioether (sulfide) groups is 1. The maximum Gasteiger partial charge on any atom is 0.328 e. The van der Waals surface area contributed by atoms with Crippen molar-refractivity contribution in [2.75, 3.05) is 19.1 Å². The number of nitrogens with zero attached hydrogens (tertiary/aromatic N) is 2. The first-order valence-corrected chi connectivity index (χ1v) is 8.30. The molecule has 118 valence electrons. The van der Waals surface area contributed by atoms with Gasteiger partial charge in [-0.2, -0.15) is 17.0 Å². The molecule has 0 aliphatic rings. The minimum atomic E-state index is -0.668. The van der Waals surface area contributed by atoms with E-state index in [4.69, 9.17) is 10.00 Å². The molecule has 0 radical (unpaired) electrons. The molecule has 0 spiro atoms. The minimum Gasteiger partial charge on any atom is -0.467 e. The molecule has 0 bridgehead atoms. The molecule has 1 atom stereocenters. The first-order valence-electron chi connectivity index (χ1n) is 6.91. The highest BCUT2D eigenvalue weighted by Crippen LogP contribution is 2.16. The van der Waals surface area contributed by atoms with E-state index in [1.54, 1.807) is 11.8 Å². The van der Waals surface area contributed by atoms with E-state index in [1.165, 1.54) is 12.0 Å². The van der Waals surface area contributed by atoms with Crippen LogP contribution in [0.5, 0.6) is 0 Å². The zero-order valence-electron chi connectivity index (χ0n) is 12.8. The van der Waals surface area contributed by atoms with Crippen molar-refractivity contribution in [1.82, 2.24) is 4.90 Å². The second-order valence-electron chi connectivity index (χ2n) is 4.66. The van der Waals surface area contributed by atoms with Crippen molar-refractivity contribution >= 4 is 23.6 Å². The van der Waals surface area contributed by atoms with Gasteiger partial charge in [0.15, 0.2) is 0 Å². The number of rotatable bonds is 8. The van der Waals surface area contributed by atoms with Crippen LogP contribution in [0.3, 0.4) is 0 Å². The predicted octanol–water partition coefficient (Wildman–Crippen LogP) is 2.22. The lowest BCUT2D eigenvalue weighted by molar-refractivity contribution is -0.153. The normalized spacial score (nSPS) is 11.3. The van der Waals surface area contributed by atoms with Gasteiger partial charge in [0.2, 0.25) is 5.91 Å². The average molecular weight is 320 g/mol. The molecule has 0 N–H and O–H groups in total. The van der Waals surface area contributed by atoms with Crippen molar-refractivity contribution < 1.29 is 14.3 Å². The van der Waals surface area contributed by atoms with Gasteiger partial charge in [-0.05, 0) is 24.0 Å². The molecule has 1 amide bonds. The first kappa shape index (κ1) is 18.1. The van der Waals surface area contributed by atoms with Gasteiger partial charge in [0.25, 0.3) is 0 Å². The monoisotopic (exact) mass is 320 g/mol. The van der Waals surface area contributed by atoms with Crippen LogP contribution in [-0.4, -0.2) is 41.9 Å². The molecular weight excluding hydrogens is 300 g/mol. The van der Waals surface area contributed by atoms with Crippen LogP contribution in [0.15, 0.2) is 30.3 Å². The Morgan fingerprint density at radius 3 is 2.59 bits per heavy atom. The summed E-state index contributed by atoms with van der Waals surface area (Å²) >= 11 is 1.60. The molecule has 0 aliphatic heterocycles. The summed E-state index contributed by atoms with van der Waals surface area (Å²) in [4.78, 5) is 25.8. The number of hydrogen-bond acceptors (Lipinski definition) is 5. The highest BCUT2D eigenvalue weighted by Gasteiger charge is 2.30. The molecule has 0 saturated carbocycles. The van der Waals surface area contributed by atoms with Crippen molar-refractivity contribution in [2.45, 2.75) is 25.4 Å². The zero-order valence-corrected chi connectivity index (χ0v) is 13.6. The average Bonchev–Trinajstić information content (AvgIpc) is 2.54. The third-order valence-corrected chi connectivity index (χ3v) is 3.84. The van der Waals surface area contributed by atoms with E-state index in [2.05, 4.69) is 0 Å². The first-order chi connectivity index (χ1) is 10.6. The molecule has 1 rings (SSSR count). The third-order valence-electron chi connectivity index (χ3n) is 3.19. The topological polar surface area (TPSA) is 70.4 Å². The van der Waals surface area contributed by atoms with Gasteiger partial charge in [-0.3, -0.25) is 4.79 Å². The highest BCUT2D eigenvalue weighted by molar-refractivity contribution is 7.98. The standard InChI is InChI=1S/C16H20N2O3S/c1-21-16(20)14(9-11-22-2)18(15(19)8-10-17)12-13-6-4-3-5-7-13/h3-7,14H,8-9,11-12H2,1-2H3/t14-/m0/s1. The van der Waals surface area contributed by atoms with E-state index in [0.717, 1.165) is 11.3 Å². The fourth-order valence-corrected chi connectivity index (χ4v) is 2.55. The van der Waals surface area contributed by atoms with Crippen molar-refractivity contribution in [3.63, 3.8) is 0 Å². The molecule has 0 fully saturated rings. The minimum absolute atomic E-state index is 0.250. The molecule has 6 heteroatoms. The van der Waals surface area contributed by atoms with Crippen LogP contribution in [-0.2, 0) is 20.9 Å². The summed E-state index contributed by atoms with van der Waals surface area (Å²) in [6.45, 7) is 0.287. The molecule has 1 aromatic carbocycles. The van der Waals surface area contributed by atoms with Crippen LogP contribution < -0.4 is 0 Å². The number of hydrogen-bond donors (Lipinski definition) is 0. The molecule has 0 aliphatic carbocycles. The summed E-state index contributed by atoms with van der Waals surface area (Å²) in [7, 11) is 1.31. The summed E-state index contributed by atoms with van der Waals surface area (Å²) in [6.07, 6.45) is 2.18. The van der Waals surface area contributed by atoms with Crippen LogP contribution in [0.2, 0.25) is 0 Å². The number of ether oxygens (including phenoxy) is 1. The van der Waals surface area contributed by atoms with Crippen LogP contribution >= 0.6 is 11.8 Å². The SMILES string of the molecule is COC(=O)[C@H](CCSC)N(Cc1ccccc1)C(=O)CC#N. The second kappa shape index (κ2) is 9.85.